The highest BCUT2D eigenvalue weighted by molar-refractivity contribution is 7.82. The van der Waals surface area contributed by atoms with Gasteiger partial charge in [0.25, 0.3) is 0 Å². The topological polar surface area (TPSA) is 117 Å². The van der Waals surface area contributed by atoms with Crippen molar-refractivity contribution in [2.24, 2.45) is 0 Å². The molecule has 4 rings (SSSR count). The maximum atomic E-state index is 12.7. The number of hydrogen-bond acceptors (Lipinski definition) is 6. The predicted octanol–water partition coefficient (Wildman–Crippen LogP) is 10.5. The Morgan fingerprint density at radius 2 is 0.558 bits per heavy atom. The van der Waals surface area contributed by atoms with E-state index >= 15 is 0 Å². The molecule has 0 aliphatic heterocycles. The van der Waals surface area contributed by atoms with E-state index in [-0.39, 0.29) is 11.5 Å². The first-order valence-electron chi connectivity index (χ1n) is 17.4. The van der Waals surface area contributed by atoms with E-state index in [9.17, 15) is 18.6 Å². The van der Waals surface area contributed by atoms with Gasteiger partial charge in [-0.3, -0.25) is 9.44 Å². The van der Waals surface area contributed by atoms with Crippen molar-refractivity contribution in [1.82, 2.24) is 0 Å². The lowest BCUT2D eigenvalue weighted by Gasteiger charge is -2.20. The maximum Gasteiger partial charge on any atom is 0.316 e. The van der Waals surface area contributed by atoms with Crippen molar-refractivity contribution in [2.45, 2.75) is 125 Å². The van der Waals surface area contributed by atoms with Gasteiger partial charge < -0.3 is 18.6 Å². The van der Waals surface area contributed by atoms with Crippen LogP contribution in [0.15, 0.2) is 0 Å². The third-order valence-corrected chi connectivity index (χ3v) is 13.2. The largest absolute Gasteiger partial charge is 0.507 e. The molecular formula is C42H58N2O6S2. The third kappa shape index (κ3) is 7.98. The van der Waals surface area contributed by atoms with E-state index < -0.39 is 22.5 Å². The fourth-order valence-electron chi connectivity index (χ4n) is 6.40. The van der Waals surface area contributed by atoms with Crippen LogP contribution in [0.5, 0.6) is 23.0 Å². The highest BCUT2D eigenvalue weighted by atomic mass is 32.2. The number of rotatable bonds is 8. The standard InChI is InChI=1S/2C21H29NO3S/c1-10-13(4)17(8)21(18(9)14(10)5)25-26(24)22-19-15(6)11(2)12(3)16(7)20(19)23;1-10-11(2)17(8)21(18(9)12(10)3)25-26(24)22-19-13(4)15(6)20(23)16(7)14(19)5/h2*22-23H,1-9H3. The van der Waals surface area contributed by atoms with Gasteiger partial charge in [0.1, 0.15) is 23.0 Å². The Labute approximate surface area is 317 Å². The van der Waals surface area contributed by atoms with E-state index in [1.807, 2.05) is 96.9 Å². The summed E-state index contributed by atoms with van der Waals surface area (Å²) in [5.41, 5.74) is 19.3. The summed E-state index contributed by atoms with van der Waals surface area (Å²) in [6.45, 7) is 35.6. The number of phenols is 2. The van der Waals surface area contributed by atoms with Crippen molar-refractivity contribution in [3.8, 4) is 23.0 Å². The highest BCUT2D eigenvalue weighted by Gasteiger charge is 2.21. The minimum Gasteiger partial charge on any atom is -0.507 e. The van der Waals surface area contributed by atoms with E-state index in [1.54, 1.807) is 0 Å². The van der Waals surface area contributed by atoms with E-state index in [2.05, 4.69) is 37.1 Å². The van der Waals surface area contributed by atoms with Gasteiger partial charge in [-0.1, -0.05) is 0 Å². The quantitative estimate of drug-likeness (QED) is 0.105. The van der Waals surface area contributed by atoms with Crippen LogP contribution in [0, 0.1) is 125 Å². The second-order valence-electron chi connectivity index (χ2n) is 14.2. The van der Waals surface area contributed by atoms with Crippen LogP contribution in [0.3, 0.4) is 0 Å². The van der Waals surface area contributed by atoms with Gasteiger partial charge >= 0.3 is 22.5 Å². The van der Waals surface area contributed by atoms with Crippen LogP contribution in [0.4, 0.5) is 11.4 Å². The molecule has 4 aromatic carbocycles. The van der Waals surface area contributed by atoms with E-state index in [0.717, 1.165) is 94.7 Å². The van der Waals surface area contributed by atoms with Crippen molar-refractivity contribution in [3.63, 3.8) is 0 Å². The van der Waals surface area contributed by atoms with Crippen LogP contribution >= 0.6 is 0 Å². The lowest BCUT2D eigenvalue weighted by Crippen LogP contribution is -2.15. The van der Waals surface area contributed by atoms with E-state index in [0.29, 0.717) is 17.2 Å². The molecule has 4 N–H and O–H groups in total. The van der Waals surface area contributed by atoms with Crippen molar-refractivity contribution < 1.29 is 27.0 Å². The van der Waals surface area contributed by atoms with Gasteiger partial charge in [-0.05, 0) is 225 Å². The maximum absolute atomic E-state index is 12.7. The van der Waals surface area contributed by atoms with Gasteiger partial charge in [-0.25, -0.2) is 0 Å². The zero-order valence-electron chi connectivity index (χ0n) is 34.3. The lowest BCUT2D eigenvalue weighted by atomic mass is 9.94. The third-order valence-electron chi connectivity index (χ3n) is 11.8. The molecule has 2 unspecified atom stereocenters. The Kier molecular flexibility index (Phi) is 13.3. The number of phenolic OH excluding ortho intramolecular Hbond substituents is 2. The predicted molar refractivity (Wildman–Crippen MR) is 219 cm³/mol. The van der Waals surface area contributed by atoms with Gasteiger partial charge in [-0.15, -0.1) is 0 Å². The Morgan fingerprint density at radius 1 is 0.327 bits per heavy atom. The molecule has 52 heavy (non-hydrogen) atoms. The Bertz CT molecular complexity index is 1720. The van der Waals surface area contributed by atoms with Crippen LogP contribution < -0.4 is 17.8 Å². The summed E-state index contributed by atoms with van der Waals surface area (Å²) in [4.78, 5) is 0. The van der Waals surface area contributed by atoms with E-state index in [1.165, 1.54) is 11.1 Å². The fourth-order valence-corrected chi connectivity index (χ4v) is 8.18. The minimum absolute atomic E-state index is 0.118. The van der Waals surface area contributed by atoms with Crippen molar-refractivity contribution in [1.29, 1.82) is 0 Å². The van der Waals surface area contributed by atoms with Crippen molar-refractivity contribution >= 4 is 33.9 Å². The fraction of sp³-hybridized carbons (Fsp3) is 0.429. The molecule has 0 aromatic heterocycles. The second kappa shape index (κ2) is 16.3. The molecule has 284 valence electrons. The smallest absolute Gasteiger partial charge is 0.316 e. The molecule has 0 amide bonds. The number of anilines is 2. The van der Waals surface area contributed by atoms with E-state index in [4.69, 9.17) is 8.37 Å². The normalized spacial score (nSPS) is 12.2. The Hall–Kier alpha value is -4.02. The lowest BCUT2D eigenvalue weighted by molar-refractivity contribution is 0.466. The van der Waals surface area contributed by atoms with Crippen LogP contribution in [0.1, 0.15) is 100 Å². The molecule has 10 heteroatoms. The van der Waals surface area contributed by atoms with Crippen molar-refractivity contribution in [3.05, 3.63) is 100 Å². The average Bonchev–Trinajstić information content (AvgIpc) is 3.12. The molecule has 0 heterocycles. The number of hydrogen-bond donors (Lipinski definition) is 4. The van der Waals surface area contributed by atoms with Crippen LogP contribution in [0.25, 0.3) is 0 Å². The first kappa shape index (κ1) is 42.4. The molecule has 0 spiro atoms. The van der Waals surface area contributed by atoms with Gasteiger partial charge in [0.2, 0.25) is 0 Å². The van der Waals surface area contributed by atoms with Gasteiger partial charge in [-0.2, -0.15) is 8.42 Å². The minimum atomic E-state index is -1.82. The van der Waals surface area contributed by atoms with Gasteiger partial charge in [0.05, 0.1) is 11.4 Å². The molecule has 0 aliphatic rings. The molecule has 4 aromatic rings. The molecule has 0 saturated carbocycles. The Morgan fingerprint density at radius 3 is 0.904 bits per heavy atom. The molecule has 0 radical (unpaired) electrons. The second-order valence-corrected chi connectivity index (χ2v) is 15.9. The van der Waals surface area contributed by atoms with Crippen LogP contribution in [-0.4, -0.2) is 18.6 Å². The van der Waals surface area contributed by atoms with Gasteiger partial charge in [0, 0.05) is 0 Å². The zero-order chi connectivity index (χ0) is 39.8. The number of aromatic hydroxyl groups is 2. The number of benzene rings is 4. The van der Waals surface area contributed by atoms with Gasteiger partial charge in [0.15, 0.2) is 0 Å². The molecule has 8 nitrogen and oxygen atoms in total. The summed E-state index contributed by atoms with van der Waals surface area (Å²) < 4.78 is 42.8. The molecule has 0 aliphatic carbocycles. The van der Waals surface area contributed by atoms with Crippen LogP contribution in [-0.2, 0) is 22.5 Å². The molecule has 0 fully saturated rings. The van der Waals surface area contributed by atoms with Crippen molar-refractivity contribution in [2.75, 3.05) is 9.44 Å². The molecular weight excluding hydrogens is 693 g/mol. The molecule has 2 atom stereocenters. The Balaban J connectivity index is 0.000000280. The first-order chi connectivity index (χ1) is 24.0. The first-order valence-corrected chi connectivity index (χ1v) is 19.6. The molecule has 0 saturated heterocycles. The summed E-state index contributed by atoms with van der Waals surface area (Å²) in [7, 11) is 0. The monoisotopic (exact) mass is 750 g/mol. The van der Waals surface area contributed by atoms with Crippen LogP contribution in [0.2, 0.25) is 0 Å². The summed E-state index contributed by atoms with van der Waals surface area (Å²) in [6, 6.07) is 0. The summed E-state index contributed by atoms with van der Waals surface area (Å²) in [6.07, 6.45) is 0. The summed E-state index contributed by atoms with van der Waals surface area (Å²) in [5, 5.41) is 20.7. The number of nitrogens with one attached hydrogen (secondary N) is 2. The SMILES string of the molecule is Cc1c(C)c(C)c(OS(=O)Nc2c(C)c(C)c(C)c(C)c2O)c(C)c1C.Cc1c(C)c(C)c(OS(=O)Nc2c(C)c(C)c(O)c(C)c2C)c(C)c1C. The summed E-state index contributed by atoms with van der Waals surface area (Å²) >= 11 is -3.56. The highest BCUT2D eigenvalue weighted by Crippen LogP contribution is 2.39. The zero-order valence-corrected chi connectivity index (χ0v) is 36.0. The molecule has 0 bridgehead atoms. The average molecular weight is 751 g/mol. The summed E-state index contributed by atoms with van der Waals surface area (Å²) in [5.74, 6) is 1.70.